The van der Waals surface area contributed by atoms with E-state index in [0.717, 1.165) is 18.7 Å². The highest BCUT2D eigenvalue weighted by Gasteiger charge is 2.00. The molecule has 0 bridgehead atoms. The van der Waals surface area contributed by atoms with Gasteiger partial charge in [0, 0.05) is 6.54 Å². The minimum absolute atomic E-state index is 0.715. The summed E-state index contributed by atoms with van der Waals surface area (Å²) in [7, 11) is 4.10. The number of likely N-dealkylation sites (N-methyl/N-ethyl adjacent to an activating group) is 1. The SMILES string of the molecule is CC/C(=C/c1ccc(OCCN(C)C)cc1)c1ccccc1. The third kappa shape index (κ3) is 5.05. The van der Waals surface area contributed by atoms with Crippen molar-refractivity contribution in [1.29, 1.82) is 0 Å². The average Bonchev–Trinajstić information content (AvgIpc) is 2.54. The summed E-state index contributed by atoms with van der Waals surface area (Å²) in [5.41, 5.74) is 3.85. The Balaban J connectivity index is 2.04. The molecule has 0 aromatic heterocycles. The standard InChI is InChI=1S/C20H25NO/c1-4-18(19-8-6-5-7-9-19)16-17-10-12-20(13-11-17)22-15-14-21(2)3/h5-13,16H,4,14-15H2,1-3H3/b18-16-. The Labute approximate surface area is 134 Å². The van der Waals surface area contributed by atoms with Gasteiger partial charge < -0.3 is 9.64 Å². The Kier molecular flexibility index (Phi) is 6.23. The van der Waals surface area contributed by atoms with E-state index >= 15 is 0 Å². The average molecular weight is 295 g/mol. The zero-order valence-electron chi connectivity index (χ0n) is 13.8. The van der Waals surface area contributed by atoms with Crippen LogP contribution < -0.4 is 4.74 Å². The van der Waals surface area contributed by atoms with E-state index in [-0.39, 0.29) is 0 Å². The third-order valence-electron chi connectivity index (χ3n) is 3.55. The Bertz CT molecular complexity index is 585. The molecule has 2 aromatic rings. The second-order valence-electron chi connectivity index (χ2n) is 5.61. The quantitative estimate of drug-likeness (QED) is 0.693. The third-order valence-corrected chi connectivity index (χ3v) is 3.55. The second kappa shape index (κ2) is 8.40. The summed E-state index contributed by atoms with van der Waals surface area (Å²) in [6.07, 6.45) is 3.27. The molecule has 0 heterocycles. The summed E-state index contributed by atoms with van der Waals surface area (Å²) >= 11 is 0. The van der Waals surface area contributed by atoms with Gasteiger partial charge in [-0.1, -0.05) is 55.5 Å². The highest BCUT2D eigenvalue weighted by atomic mass is 16.5. The largest absolute Gasteiger partial charge is 0.492 e. The van der Waals surface area contributed by atoms with Crippen LogP contribution in [0.1, 0.15) is 24.5 Å². The van der Waals surface area contributed by atoms with Crippen molar-refractivity contribution in [2.75, 3.05) is 27.2 Å². The highest BCUT2D eigenvalue weighted by Crippen LogP contribution is 2.22. The maximum Gasteiger partial charge on any atom is 0.119 e. The van der Waals surface area contributed by atoms with Crippen molar-refractivity contribution in [1.82, 2.24) is 4.90 Å². The zero-order chi connectivity index (χ0) is 15.8. The molecule has 0 spiro atoms. The normalized spacial score (nSPS) is 11.7. The van der Waals surface area contributed by atoms with Crippen LogP contribution in [-0.2, 0) is 0 Å². The van der Waals surface area contributed by atoms with Crippen LogP contribution in [0.15, 0.2) is 54.6 Å². The van der Waals surface area contributed by atoms with Crippen LogP contribution in [0.3, 0.4) is 0 Å². The number of benzene rings is 2. The zero-order valence-corrected chi connectivity index (χ0v) is 13.8. The Morgan fingerprint density at radius 2 is 1.68 bits per heavy atom. The molecule has 0 unspecified atom stereocenters. The maximum absolute atomic E-state index is 5.73. The number of hydrogen-bond donors (Lipinski definition) is 0. The van der Waals surface area contributed by atoms with Crippen LogP contribution in [0.5, 0.6) is 5.75 Å². The van der Waals surface area contributed by atoms with Gasteiger partial charge in [-0.25, -0.2) is 0 Å². The van der Waals surface area contributed by atoms with Gasteiger partial charge in [0.25, 0.3) is 0 Å². The number of nitrogens with zero attached hydrogens (tertiary/aromatic N) is 1. The van der Waals surface area contributed by atoms with E-state index in [4.69, 9.17) is 4.74 Å². The van der Waals surface area contributed by atoms with E-state index in [0.29, 0.717) is 6.61 Å². The molecule has 116 valence electrons. The van der Waals surface area contributed by atoms with Crippen molar-refractivity contribution in [3.63, 3.8) is 0 Å². The van der Waals surface area contributed by atoms with E-state index in [1.54, 1.807) is 0 Å². The summed E-state index contributed by atoms with van der Waals surface area (Å²) in [4.78, 5) is 2.12. The second-order valence-corrected chi connectivity index (χ2v) is 5.61. The van der Waals surface area contributed by atoms with Gasteiger partial charge in [-0.05, 0) is 49.3 Å². The van der Waals surface area contributed by atoms with Crippen molar-refractivity contribution in [2.45, 2.75) is 13.3 Å². The lowest BCUT2D eigenvalue weighted by Crippen LogP contribution is -2.19. The van der Waals surface area contributed by atoms with Crippen molar-refractivity contribution in [2.24, 2.45) is 0 Å². The number of rotatable bonds is 7. The molecule has 2 nitrogen and oxygen atoms in total. The fourth-order valence-electron chi connectivity index (χ4n) is 2.25. The molecule has 0 aliphatic heterocycles. The first-order valence-corrected chi connectivity index (χ1v) is 7.82. The maximum atomic E-state index is 5.73. The molecule has 2 rings (SSSR count). The van der Waals surface area contributed by atoms with Gasteiger partial charge in [0.05, 0.1) is 0 Å². The van der Waals surface area contributed by atoms with Crippen molar-refractivity contribution >= 4 is 11.6 Å². The lowest BCUT2D eigenvalue weighted by Gasteiger charge is -2.11. The molecule has 0 saturated carbocycles. The molecule has 2 heteroatoms. The molecule has 0 saturated heterocycles. The summed E-state index contributed by atoms with van der Waals surface area (Å²) in [6.45, 7) is 3.83. The highest BCUT2D eigenvalue weighted by molar-refractivity contribution is 5.81. The van der Waals surface area contributed by atoms with Crippen LogP contribution in [0.2, 0.25) is 0 Å². The van der Waals surface area contributed by atoms with Crippen LogP contribution in [0.25, 0.3) is 11.6 Å². The smallest absolute Gasteiger partial charge is 0.119 e. The fraction of sp³-hybridized carbons (Fsp3) is 0.300. The molecule has 0 atom stereocenters. The predicted octanol–water partition coefficient (Wildman–Crippen LogP) is 4.58. The predicted molar refractivity (Wildman–Crippen MR) is 95.1 cm³/mol. The fourth-order valence-corrected chi connectivity index (χ4v) is 2.25. The van der Waals surface area contributed by atoms with Crippen molar-refractivity contribution in [3.05, 3.63) is 65.7 Å². The van der Waals surface area contributed by atoms with E-state index in [9.17, 15) is 0 Å². The van der Waals surface area contributed by atoms with Gasteiger partial charge in [0.15, 0.2) is 0 Å². The molecule has 2 aromatic carbocycles. The molecule has 0 radical (unpaired) electrons. The summed E-state index contributed by atoms with van der Waals surface area (Å²) in [5.74, 6) is 0.928. The molecule has 0 aliphatic rings. The van der Waals surface area contributed by atoms with Crippen molar-refractivity contribution in [3.8, 4) is 5.75 Å². The Hall–Kier alpha value is -2.06. The molecule has 0 fully saturated rings. The number of allylic oxidation sites excluding steroid dienone is 1. The first kappa shape index (κ1) is 16.3. The van der Waals surface area contributed by atoms with Crippen molar-refractivity contribution < 1.29 is 4.74 Å². The summed E-state index contributed by atoms with van der Waals surface area (Å²) in [5, 5.41) is 0. The lowest BCUT2D eigenvalue weighted by atomic mass is 10.0. The van der Waals surface area contributed by atoms with Crippen LogP contribution in [0, 0.1) is 0 Å². The van der Waals surface area contributed by atoms with Gasteiger partial charge in [-0.3, -0.25) is 0 Å². The van der Waals surface area contributed by atoms with Gasteiger partial charge in [0.1, 0.15) is 12.4 Å². The van der Waals surface area contributed by atoms with E-state index < -0.39 is 0 Å². The number of ether oxygens (including phenoxy) is 1. The first-order valence-electron chi connectivity index (χ1n) is 7.82. The Morgan fingerprint density at radius 3 is 2.27 bits per heavy atom. The van der Waals surface area contributed by atoms with Gasteiger partial charge in [0.2, 0.25) is 0 Å². The van der Waals surface area contributed by atoms with E-state index in [1.807, 2.05) is 26.2 Å². The Morgan fingerprint density at radius 1 is 1.00 bits per heavy atom. The van der Waals surface area contributed by atoms with Crippen LogP contribution in [-0.4, -0.2) is 32.1 Å². The first-order chi connectivity index (χ1) is 10.7. The monoisotopic (exact) mass is 295 g/mol. The van der Waals surface area contributed by atoms with E-state index in [2.05, 4.69) is 60.4 Å². The molecule has 22 heavy (non-hydrogen) atoms. The number of hydrogen-bond acceptors (Lipinski definition) is 2. The molecule has 0 N–H and O–H groups in total. The molecular formula is C20H25NO. The van der Waals surface area contributed by atoms with Gasteiger partial charge >= 0.3 is 0 Å². The minimum Gasteiger partial charge on any atom is -0.492 e. The minimum atomic E-state index is 0.715. The van der Waals surface area contributed by atoms with Crippen LogP contribution in [0.4, 0.5) is 0 Å². The molecule has 0 amide bonds. The van der Waals surface area contributed by atoms with Gasteiger partial charge in [-0.2, -0.15) is 0 Å². The summed E-state index contributed by atoms with van der Waals surface area (Å²) < 4.78 is 5.73. The van der Waals surface area contributed by atoms with Crippen LogP contribution >= 0.6 is 0 Å². The van der Waals surface area contributed by atoms with Gasteiger partial charge in [-0.15, -0.1) is 0 Å². The lowest BCUT2D eigenvalue weighted by molar-refractivity contribution is 0.261. The molecule has 0 aliphatic carbocycles. The molecular weight excluding hydrogens is 270 g/mol. The topological polar surface area (TPSA) is 12.5 Å². The summed E-state index contributed by atoms with van der Waals surface area (Å²) in [6, 6.07) is 18.9. The van der Waals surface area contributed by atoms with E-state index in [1.165, 1.54) is 16.7 Å².